The van der Waals surface area contributed by atoms with Gasteiger partial charge in [-0.15, -0.1) is 0 Å². The van der Waals surface area contributed by atoms with Crippen LogP contribution in [0.1, 0.15) is 30.0 Å². The molecule has 162 valence electrons. The number of hydrogen-bond acceptors (Lipinski definition) is 5. The first-order valence-corrected chi connectivity index (χ1v) is 11.8. The largest absolute Gasteiger partial charge is 0.468 e. The fraction of sp³-hybridized carbons (Fsp3) is 0.409. The Kier molecular flexibility index (Phi) is 7.52. The van der Waals surface area contributed by atoms with Crippen LogP contribution in [0.25, 0.3) is 0 Å². The van der Waals surface area contributed by atoms with E-state index in [0.29, 0.717) is 30.2 Å². The molecule has 30 heavy (non-hydrogen) atoms. The van der Waals surface area contributed by atoms with Gasteiger partial charge in [-0.3, -0.25) is 4.90 Å². The Labute approximate surface area is 183 Å². The highest BCUT2D eigenvalue weighted by molar-refractivity contribution is 7.89. The Morgan fingerprint density at radius 3 is 2.60 bits per heavy atom. The lowest BCUT2D eigenvalue weighted by atomic mass is 9.95. The van der Waals surface area contributed by atoms with Crippen molar-refractivity contribution in [3.63, 3.8) is 0 Å². The SMILES string of the molecule is COC(=O)C(c1ccccc1Cl)N1CCCC(CNS(=O)(=O)c2ccc(C)cc2)C1. The average Bonchev–Trinajstić information content (AvgIpc) is 2.74. The molecule has 0 saturated carbocycles. The number of hydrogen-bond donors (Lipinski definition) is 1. The third-order valence-electron chi connectivity index (χ3n) is 5.43. The van der Waals surface area contributed by atoms with Crippen molar-refractivity contribution >= 4 is 27.6 Å². The third-order valence-corrected chi connectivity index (χ3v) is 7.22. The highest BCUT2D eigenvalue weighted by Crippen LogP contribution is 2.32. The number of aryl methyl sites for hydroxylation is 1. The van der Waals surface area contributed by atoms with Crippen molar-refractivity contribution in [3.05, 3.63) is 64.7 Å². The molecule has 6 nitrogen and oxygen atoms in total. The summed E-state index contributed by atoms with van der Waals surface area (Å²) in [6, 6.07) is 13.4. The van der Waals surface area contributed by atoms with Crippen molar-refractivity contribution in [3.8, 4) is 0 Å². The van der Waals surface area contributed by atoms with Crippen LogP contribution in [0.4, 0.5) is 0 Å². The summed E-state index contributed by atoms with van der Waals surface area (Å²) in [5, 5.41) is 0.509. The summed E-state index contributed by atoms with van der Waals surface area (Å²) in [6.45, 7) is 3.51. The number of nitrogens with one attached hydrogen (secondary N) is 1. The molecule has 2 atom stereocenters. The number of methoxy groups -OCH3 is 1. The Balaban J connectivity index is 1.71. The summed E-state index contributed by atoms with van der Waals surface area (Å²) < 4.78 is 33.0. The monoisotopic (exact) mass is 450 g/mol. The minimum absolute atomic E-state index is 0.0774. The number of carbonyl (C=O) groups excluding carboxylic acids is 1. The highest BCUT2D eigenvalue weighted by atomic mass is 35.5. The lowest BCUT2D eigenvalue weighted by molar-refractivity contribution is -0.148. The van der Waals surface area contributed by atoms with Crippen molar-refractivity contribution in [2.45, 2.75) is 30.7 Å². The molecule has 2 aromatic rings. The zero-order chi connectivity index (χ0) is 21.7. The molecule has 1 heterocycles. The lowest BCUT2D eigenvalue weighted by Gasteiger charge is -2.37. The van der Waals surface area contributed by atoms with Gasteiger partial charge in [0.2, 0.25) is 10.0 Å². The number of esters is 1. The second kappa shape index (κ2) is 9.92. The van der Waals surface area contributed by atoms with Crippen molar-refractivity contribution in [2.24, 2.45) is 5.92 Å². The Morgan fingerprint density at radius 2 is 1.93 bits per heavy atom. The van der Waals surface area contributed by atoms with Crippen LogP contribution in [0.15, 0.2) is 53.4 Å². The number of piperidine rings is 1. The summed E-state index contributed by atoms with van der Waals surface area (Å²) in [7, 11) is -2.21. The first-order chi connectivity index (χ1) is 14.3. The van der Waals surface area contributed by atoms with Crippen LogP contribution in [0.5, 0.6) is 0 Å². The van der Waals surface area contributed by atoms with Crippen molar-refractivity contribution in [1.29, 1.82) is 0 Å². The van der Waals surface area contributed by atoms with Gasteiger partial charge in [-0.05, 0) is 56.0 Å². The molecule has 1 aliphatic rings. The molecule has 2 unspecified atom stereocenters. The third kappa shape index (κ3) is 5.40. The van der Waals surface area contributed by atoms with Crippen LogP contribution in [0.2, 0.25) is 5.02 Å². The minimum atomic E-state index is -3.58. The van der Waals surface area contributed by atoms with E-state index in [2.05, 4.69) is 4.72 Å². The molecular weight excluding hydrogens is 424 g/mol. The number of likely N-dealkylation sites (tertiary alicyclic amines) is 1. The molecule has 1 aliphatic heterocycles. The number of nitrogens with zero attached hydrogens (tertiary/aromatic N) is 1. The second-order valence-corrected chi connectivity index (χ2v) is 9.79. The highest BCUT2D eigenvalue weighted by Gasteiger charge is 2.34. The molecule has 3 rings (SSSR count). The normalized spacial score (nSPS) is 18.7. The van der Waals surface area contributed by atoms with E-state index in [1.807, 2.05) is 30.0 Å². The van der Waals surface area contributed by atoms with Crippen LogP contribution < -0.4 is 4.72 Å². The maximum atomic E-state index is 12.6. The number of carbonyl (C=O) groups is 1. The van der Waals surface area contributed by atoms with Gasteiger partial charge in [-0.25, -0.2) is 17.9 Å². The second-order valence-electron chi connectivity index (χ2n) is 7.62. The van der Waals surface area contributed by atoms with Gasteiger partial charge in [-0.2, -0.15) is 0 Å². The zero-order valence-corrected chi connectivity index (χ0v) is 18.7. The maximum absolute atomic E-state index is 12.6. The molecule has 0 amide bonds. The topological polar surface area (TPSA) is 75.7 Å². The molecule has 2 aromatic carbocycles. The maximum Gasteiger partial charge on any atom is 0.327 e. The van der Waals surface area contributed by atoms with Crippen molar-refractivity contribution < 1.29 is 17.9 Å². The predicted molar refractivity (Wildman–Crippen MR) is 117 cm³/mol. The van der Waals surface area contributed by atoms with E-state index in [1.165, 1.54) is 7.11 Å². The fourth-order valence-electron chi connectivity index (χ4n) is 3.81. The van der Waals surface area contributed by atoms with Crippen molar-refractivity contribution in [1.82, 2.24) is 9.62 Å². The van der Waals surface area contributed by atoms with Gasteiger partial charge in [0.05, 0.1) is 12.0 Å². The van der Waals surface area contributed by atoms with E-state index < -0.39 is 16.1 Å². The standard InChI is InChI=1S/C22H27ClN2O4S/c1-16-9-11-18(12-10-16)30(27,28)24-14-17-6-5-13-25(15-17)21(22(26)29-2)19-7-3-4-8-20(19)23/h3-4,7-12,17,21,24H,5-6,13-15H2,1-2H3. The van der Waals surface area contributed by atoms with Crippen LogP contribution in [0.3, 0.4) is 0 Å². The molecule has 0 radical (unpaired) electrons. The van der Waals surface area contributed by atoms with Gasteiger partial charge < -0.3 is 4.74 Å². The molecule has 1 saturated heterocycles. The van der Waals surface area contributed by atoms with E-state index in [4.69, 9.17) is 16.3 Å². The van der Waals surface area contributed by atoms with Gasteiger partial charge in [0.15, 0.2) is 0 Å². The Morgan fingerprint density at radius 1 is 1.23 bits per heavy atom. The first kappa shape index (κ1) is 22.7. The van der Waals surface area contributed by atoms with Crippen LogP contribution in [0, 0.1) is 12.8 Å². The van der Waals surface area contributed by atoms with Gasteiger partial charge in [-0.1, -0.05) is 47.5 Å². The number of sulfonamides is 1. The fourth-order valence-corrected chi connectivity index (χ4v) is 5.16. The Bertz CT molecular complexity index is 979. The van der Waals surface area contributed by atoms with Gasteiger partial charge >= 0.3 is 5.97 Å². The summed E-state index contributed by atoms with van der Waals surface area (Å²) in [5.74, 6) is -0.294. The number of benzene rings is 2. The van der Waals surface area contributed by atoms with E-state index in [0.717, 1.165) is 18.4 Å². The molecule has 0 aromatic heterocycles. The number of ether oxygens (including phenoxy) is 1. The van der Waals surface area contributed by atoms with Crippen LogP contribution in [-0.4, -0.2) is 46.0 Å². The predicted octanol–water partition coefficient (Wildman–Crippen LogP) is 3.55. The quantitative estimate of drug-likeness (QED) is 0.653. The van der Waals surface area contributed by atoms with Crippen LogP contribution >= 0.6 is 11.6 Å². The van der Waals surface area contributed by atoms with Crippen molar-refractivity contribution in [2.75, 3.05) is 26.7 Å². The molecular formula is C22H27ClN2O4S. The molecule has 1 fully saturated rings. The molecule has 0 bridgehead atoms. The first-order valence-electron chi connectivity index (χ1n) is 9.94. The Hall–Kier alpha value is -1.93. The minimum Gasteiger partial charge on any atom is -0.468 e. The molecule has 1 N–H and O–H groups in total. The number of rotatable bonds is 7. The molecule has 0 aliphatic carbocycles. The van der Waals surface area contributed by atoms with E-state index >= 15 is 0 Å². The van der Waals surface area contributed by atoms with Gasteiger partial charge in [0.25, 0.3) is 0 Å². The summed E-state index contributed by atoms with van der Waals surface area (Å²) in [6.07, 6.45) is 1.73. The lowest BCUT2D eigenvalue weighted by Crippen LogP contribution is -2.45. The van der Waals surface area contributed by atoms with E-state index in [9.17, 15) is 13.2 Å². The number of halogens is 1. The summed E-state index contributed by atoms with van der Waals surface area (Å²) >= 11 is 6.35. The summed E-state index contributed by atoms with van der Waals surface area (Å²) in [4.78, 5) is 14.8. The van der Waals surface area contributed by atoms with E-state index in [-0.39, 0.29) is 16.8 Å². The van der Waals surface area contributed by atoms with Gasteiger partial charge in [0, 0.05) is 18.1 Å². The average molecular weight is 451 g/mol. The smallest absolute Gasteiger partial charge is 0.327 e. The zero-order valence-electron chi connectivity index (χ0n) is 17.2. The summed E-state index contributed by atoms with van der Waals surface area (Å²) in [5.41, 5.74) is 1.71. The molecule has 8 heteroatoms. The van der Waals surface area contributed by atoms with E-state index in [1.54, 1.807) is 30.3 Å². The van der Waals surface area contributed by atoms with Crippen LogP contribution in [-0.2, 0) is 19.6 Å². The molecule has 0 spiro atoms. The van der Waals surface area contributed by atoms with Gasteiger partial charge in [0.1, 0.15) is 6.04 Å².